The molecular formula is C51H50N6O9. The lowest BCUT2D eigenvalue weighted by molar-refractivity contribution is -0.116. The highest BCUT2D eigenvalue weighted by Gasteiger charge is 2.42. The lowest BCUT2D eigenvalue weighted by Gasteiger charge is -2.37. The summed E-state index contributed by atoms with van der Waals surface area (Å²) in [6, 6.07) is 41.4. The molecule has 3 heterocycles. The summed E-state index contributed by atoms with van der Waals surface area (Å²) >= 11 is 0. The average Bonchev–Trinajstić information content (AvgIpc) is 4.04. The van der Waals surface area contributed by atoms with Crippen LogP contribution in [0.3, 0.4) is 0 Å². The third-order valence-corrected chi connectivity index (χ3v) is 12.4. The number of amides is 2. The van der Waals surface area contributed by atoms with Crippen molar-refractivity contribution in [1.82, 2.24) is 24.4 Å². The number of ether oxygens (including phenoxy) is 5. The smallest absolute Gasteiger partial charge is 0.409 e. The molecule has 7 aromatic rings. The molecular weight excluding hydrogens is 841 g/mol. The number of H-pyrrole nitrogens is 1. The second-order valence-corrected chi connectivity index (χ2v) is 16.4. The summed E-state index contributed by atoms with van der Waals surface area (Å²) in [5.74, 6) is 0.823. The molecule has 0 saturated carbocycles. The molecule has 1 saturated heterocycles. The third kappa shape index (κ3) is 8.63. The highest BCUT2D eigenvalue weighted by molar-refractivity contribution is 5.89. The number of aliphatic hydroxyl groups excluding tert-OH is 1. The van der Waals surface area contributed by atoms with Crippen molar-refractivity contribution in [3.05, 3.63) is 172 Å². The van der Waals surface area contributed by atoms with Gasteiger partial charge in [-0.15, -0.1) is 0 Å². The van der Waals surface area contributed by atoms with Gasteiger partial charge in [-0.1, -0.05) is 103 Å². The van der Waals surface area contributed by atoms with Crippen molar-refractivity contribution in [1.29, 1.82) is 0 Å². The van der Waals surface area contributed by atoms with E-state index in [4.69, 9.17) is 23.7 Å². The number of carbonyl (C=O) groups is 2. The van der Waals surface area contributed by atoms with Gasteiger partial charge in [0.25, 0.3) is 5.56 Å². The minimum absolute atomic E-state index is 0.0247. The molecule has 15 nitrogen and oxygen atoms in total. The molecule has 2 aromatic heterocycles. The number of imidazole rings is 1. The quantitative estimate of drug-likeness (QED) is 0.0824. The predicted molar refractivity (Wildman–Crippen MR) is 247 cm³/mol. The third-order valence-electron chi connectivity index (χ3n) is 12.4. The normalized spacial score (nSPS) is 16.7. The van der Waals surface area contributed by atoms with Gasteiger partial charge < -0.3 is 33.7 Å². The van der Waals surface area contributed by atoms with Crippen LogP contribution < -0.4 is 20.3 Å². The molecule has 0 spiro atoms. The van der Waals surface area contributed by atoms with Crippen LogP contribution in [0.4, 0.5) is 10.7 Å². The van der Waals surface area contributed by atoms with E-state index in [0.29, 0.717) is 17.9 Å². The zero-order chi connectivity index (χ0) is 45.8. The van der Waals surface area contributed by atoms with Gasteiger partial charge in [-0.2, -0.15) is 4.98 Å². The van der Waals surface area contributed by atoms with Crippen LogP contribution in [0.25, 0.3) is 22.3 Å². The number of nitrogens with one attached hydrogen (secondary N) is 2. The van der Waals surface area contributed by atoms with Crippen LogP contribution in [0, 0.1) is 0 Å². The standard InChI is InChI=1S/C51H50N6O9/c1-56(50(61)64-29-41-39-16-9-7-14-37(39)38-15-8-10-17-40(38)41)27-11-18-44(59)53-49-54-47-46(48(60)55-49)52-31-57(47)45-28-42(58)43(66-45)30-65-51(32-12-5-4-6-13-32,33-19-23-35(62-2)24-20-33)34-21-25-36(63-3)26-22-34/h4-10,12-17,19-26,31,41-43,45,58H,11,18,27-30H2,1-3H3,(H2,53,54,55,59,60)/t42?,43-,45-/m1/s1. The summed E-state index contributed by atoms with van der Waals surface area (Å²) in [5.41, 5.74) is 5.54. The van der Waals surface area contributed by atoms with Crippen LogP contribution >= 0.6 is 0 Å². The molecule has 9 rings (SSSR count). The lowest BCUT2D eigenvalue weighted by atomic mass is 9.80. The van der Waals surface area contributed by atoms with E-state index < -0.39 is 41.6 Å². The number of carbonyl (C=O) groups excluding carboxylic acids is 2. The van der Waals surface area contributed by atoms with Gasteiger partial charge in [-0.25, -0.2) is 9.78 Å². The van der Waals surface area contributed by atoms with Crippen molar-refractivity contribution < 1.29 is 38.4 Å². The highest BCUT2D eigenvalue weighted by atomic mass is 16.6. The van der Waals surface area contributed by atoms with E-state index in [9.17, 15) is 19.5 Å². The predicted octanol–water partition coefficient (Wildman–Crippen LogP) is 7.39. The Bertz CT molecular complexity index is 2790. The number of nitrogens with zero attached hydrogens (tertiary/aromatic N) is 4. The average molecular weight is 891 g/mol. The number of fused-ring (bicyclic) bond motifs is 4. The molecule has 0 radical (unpaired) electrons. The molecule has 5 aromatic carbocycles. The Labute approximate surface area is 380 Å². The Morgan fingerprint density at radius 2 is 1.42 bits per heavy atom. The van der Waals surface area contributed by atoms with E-state index in [1.807, 2.05) is 103 Å². The molecule has 3 atom stereocenters. The molecule has 2 aliphatic rings. The second-order valence-electron chi connectivity index (χ2n) is 16.4. The number of rotatable bonds is 16. The lowest BCUT2D eigenvalue weighted by Crippen LogP contribution is -2.38. The second kappa shape index (κ2) is 19.0. The van der Waals surface area contributed by atoms with Gasteiger partial charge in [-0.3, -0.25) is 24.5 Å². The Morgan fingerprint density at radius 1 is 0.833 bits per heavy atom. The van der Waals surface area contributed by atoms with Crippen LogP contribution in [0.2, 0.25) is 0 Å². The fraction of sp³-hybridized carbons (Fsp3) is 0.275. The number of anilines is 1. The van der Waals surface area contributed by atoms with Gasteiger partial charge >= 0.3 is 6.09 Å². The molecule has 1 aliphatic heterocycles. The van der Waals surface area contributed by atoms with Crippen LogP contribution in [0.1, 0.15) is 59.2 Å². The molecule has 15 heteroatoms. The fourth-order valence-corrected chi connectivity index (χ4v) is 8.98. The minimum Gasteiger partial charge on any atom is -0.497 e. The van der Waals surface area contributed by atoms with Crippen molar-refractivity contribution in [3.8, 4) is 22.6 Å². The van der Waals surface area contributed by atoms with Gasteiger partial charge in [0, 0.05) is 32.4 Å². The van der Waals surface area contributed by atoms with E-state index >= 15 is 0 Å². The van der Waals surface area contributed by atoms with E-state index in [1.165, 1.54) is 11.2 Å². The first-order valence-corrected chi connectivity index (χ1v) is 21.8. The van der Waals surface area contributed by atoms with Crippen molar-refractivity contribution in [2.75, 3.05) is 46.3 Å². The molecule has 1 aliphatic carbocycles. The van der Waals surface area contributed by atoms with Crippen molar-refractivity contribution in [3.63, 3.8) is 0 Å². The zero-order valence-electron chi connectivity index (χ0n) is 36.8. The Kier molecular flexibility index (Phi) is 12.7. The summed E-state index contributed by atoms with van der Waals surface area (Å²) in [4.78, 5) is 52.2. The van der Waals surface area contributed by atoms with Gasteiger partial charge in [0.05, 0.1) is 33.3 Å². The van der Waals surface area contributed by atoms with E-state index in [0.717, 1.165) is 38.9 Å². The van der Waals surface area contributed by atoms with Gasteiger partial charge in [0.1, 0.15) is 36.0 Å². The van der Waals surface area contributed by atoms with Crippen molar-refractivity contribution >= 4 is 29.1 Å². The van der Waals surface area contributed by atoms with E-state index in [1.54, 1.807) is 25.8 Å². The maximum atomic E-state index is 13.2. The molecule has 66 heavy (non-hydrogen) atoms. The Balaban J connectivity index is 0.845. The first kappa shape index (κ1) is 43.9. The monoisotopic (exact) mass is 890 g/mol. The van der Waals surface area contributed by atoms with E-state index in [-0.39, 0.29) is 55.6 Å². The first-order chi connectivity index (χ1) is 32.2. The maximum Gasteiger partial charge on any atom is 0.409 e. The van der Waals surface area contributed by atoms with Gasteiger partial charge in [0.15, 0.2) is 11.2 Å². The maximum absolute atomic E-state index is 13.2. The fourth-order valence-electron chi connectivity index (χ4n) is 8.98. The van der Waals surface area contributed by atoms with Crippen LogP contribution in [-0.4, -0.2) is 94.8 Å². The Morgan fingerprint density at radius 3 is 2.05 bits per heavy atom. The molecule has 1 fully saturated rings. The topological polar surface area (TPSA) is 179 Å². The summed E-state index contributed by atoms with van der Waals surface area (Å²) in [6.07, 6.45) is -1.05. The number of aromatic nitrogens is 4. The highest BCUT2D eigenvalue weighted by Crippen LogP contribution is 2.45. The molecule has 0 bridgehead atoms. The molecule has 338 valence electrons. The zero-order valence-corrected chi connectivity index (χ0v) is 36.8. The van der Waals surface area contributed by atoms with Crippen LogP contribution in [0.15, 0.2) is 139 Å². The first-order valence-electron chi connectivity index (χ1n) is 21.8. The van der Waals surface area contributed by atoms with Crippen molar-refractivity contribution in [2.45, 2.75) is 49.2 Å². The Hall–Kier alpha value is -7.33. The van der Waals surface area contributed by atoms with Gasteiger partial charge in [-0.05, 0) is 69.6 Å². The van der Waals surface area contributed by atoms with E-state index in [2.05, 4.69) is 44.5 Å². The van der Waals surface area contributed by atoms with Crippen LogP contribution in [-0.2, 0) is 24.6 Å². The largest absolute Gasteiger partial charge is 0.497 e. The number of methoxy groups -OCH3 is 2. The number of benzene rings is 5. The van der Waals surface area contributed by atoms with Crippen LogP contribution in [0.5, 0.6) is 11.5 Å². The summed E-state index contributed by atoms with van der Waals surface area (Å²) < 4.78 is 31.7. The molecule has 2 amide bonds. The molecule has 1 unspecified atom stereocenters. The number of aromatic amines is 1. The minimum atomic E-state index is -1.14. The SMILES string of the molecule is COc1ccc(C(OC[C@H]2O[C@@H](n3cnc4c(=O)[nH]c(NC(=O)CCCN(C)C(=O)OCC5c6ccccc6-c6ccccc65)nc43)CC2O)(c2ccccc2)c2ccc(OC)cc2)cc1. The number of aliphatic hydroxyl groups is 1. The summed E-state index contributed by atoms with van der Waals surface area (Å²) in [6.45, 7) is 0.432. The van der Waals surface area contributed by atoms with Gasteiger partial charge in [0.2, 0.25) is 11.9 Å². The number of hydrogen-bond acceptors (Lipinski definition) is 11. The summed E-state index contributed by atoms with van der Waals surface area (Å²) in [5, 5.41) is 14.1. The summed E-state index contributed by atoms with van der Waals surface area (Å²) in [7, 11) is 4.85. The molecule has 3 N–H and O–H groups in total. The van der Waals surface area contributed by atoms with Crippen molar-refractivity contribution in [2.24, 2.45) is 0 Å². The number of hydrogen-bond donors (Lipinski definition) is 3.